The Kier molecular flexibility index (Phi) is 5.19. The highest BCUT2D eigenvalue weighted by Gasteiger charge is 2.22. The first-order chi connectivity index (χ1) is 14.7. The Morgan fingerprint density at radius 3 is 2.60 bits per heavy atom. The molecule has 30 heavy (non-hydrogen) atoms. The van der Waals surface area contributed by atoms with Gasteiger partial charge in [-0.1, -0.05) is 48.0 Å². The van der Waals surface area contributed by atoms with Crippen LogP contribution in [-0.4, -0.2) is 46.4 Å². The van der Waals surface area contributed by atoms with E-state index < -0.39 is 0 Å². The topological polar surface area (TPSA) is 40.9 Å². The summed E-state index contributed by atoms with van der Waals surface area (Å²) in [5.41, 5.74) is 4.13. The standard InChI is InChI=1S/C23H21ClN4OS/c24-18-7-4-8-19(13-18)26-9-11-27(12-10-26)22(29)14-20-16-30-23-25-21(15-28(20)23)17-5-2-1-3-6-17/h1-8,13,15-16H,9-12,14H2. The zero-order valence-electron chi connectivity index (χ0n) is 16.4. The molecule has 0 aliphatic carbocycles. The zero-order chi connectivity index (χ0) is 20.5. The van der Waals surface area contributed by atoms with E-state index in [1.807, 2.05) is 57.3 Å². The van der Waals surface area contributed by atoms with E-state index in [0.717, 1.165) is 58.8 Å². The molecule has 1 fully saturated rings. The van der Waals surface area contributed by atoms with Gasteiger partial charge >= 0.3 is 0 Å². The van der Waals surface area contributed by atoms with Gasteiger partial charge in [0.05, 0.1) is 12.1 Å². The second kappa shape index (κ2) is 8.13. The molecule has 1 amide bonds. The lowest BCUT2D eigenvalue weighted by atomic mass is 10.2. The molecule has 3 heterocycles. The molecular weight excluding hydrogens is 416 g/mol. The third kappa shape index (κ3) is 3.80. The Balaban J connectivity index is 1.26. The van der Waals surface area contributed by atoms with Crippen molar-refractivity contribution in [2.75, 3.05) is 31.1 Å². The Morgan fingerprint density at radius 1 is 1.03 bits per heavy atom. The summed E-state index contributed by atoms with van der Waals surface area (Å²) in [7, 11) is 0. The highest BCUT2D eigenvalue weighted by Crippen LogP contribution is 2.25. The van der Waals surface area contributed by atoms with Crippen LogP contribution in [0.25, 0.3) is 16.2 Å². The van der Waals surface area contributed by atoms with E-state index in [-0.39, 0.29) is 5.91 Å². The number of benzene rings is 2. The SMILES string of the molecule is O=C(Cc1csc2nc(-c3ccccc3)cn12)N1CCN(c2cccc(Cl)c2)CC1. The van der Waals surface area contributed by atoms with E-state index in [2.05, 4.69) is 23.1 Å². The lowest BCUT2D eigenvalue weighted by Gasteiger charge is -2.36. The van der Waals surface area contributed by atoms with Gasteiger partial charge in [-0.15, -0.1) is 11.3 Å². The van der Waals surface area contributed by atoms with Gasteiger partial charge in [0.15, 0.2) is 4.96 Å². The van der Waals surface area contributed by atoms with Crippen molar-refractivity contribution in [3.63, 3.8) is 0 Å². The molecule has 2 aromatic heterocycles. The van der Waals surface area contributed by atoms with Crippen LogP contribution in [0.15, 0.2) is 66.2 Å². The fraction of sp³-hybridized carbons (Fsp3) is 0.217. The smallest absolute Gasteiger partial charge is 0.228 e. The lowest BCUT2D eigenvalue weighted by Crippen LogP contribution is -2.49. The summed E-state index contributed by atoms with van der Waals surface area (Å²) in [6.07, 6.45) is 2.42. The number of carbonyl (C=O) groups excluding carboxylic acids is 1. The number of rotatable bonds is 4. The van der Waals surface area contributed by atoms with Crippen LogP contribution in [0.1, 0.15) is 5.69 Å². The van der Waals surface area contributed by atoms with Crippen LogP contribution in [0.5, 0.6) is 0 Å². The van der Waals surface area contributed by atoms with Crippen molar-refractivity contribution in [2.45, 2.75) is 6.42 Å². The van der Waals surface area contributed by atoms with Gasteiger partial charge in [0.2, 0.25) is 5.91 Å². The van der Waals surface area contributed by atoms with E-state index in [1.54, 1.807) is 11.3 Å². The number of halogens is 1. The van der Waals surface area contributed by atoms with Gasteiger partial charge in [0, 0.05) is 59.7 Å². The van der Waals surface area contributed by atoms with Crippen molar-refractivity contribution in [3.05, 3.63) is 76.9 Å². The first-order valence-corrected chi connectivity index (χ1v) is 11.2. The fourth-order valence-electron chi connectivity index (χ4n) is 3.86. The number of carbonyl (C=O) groups is 1. The fourth-order valence-corrected chi connectivity index (χ4v) is 4.92. The summed E-state index contributed by atoms with van der Waals surface area (Å²) in [6.45, 7) is 3.07. The van der Waals surface area contributed by atoms with Crippen LogP contribution in [0.3, 0.4) is 0 Å². The van der Waals surface area contributed by atoms with Gasteiger partial charge in [-0.25, -0.2) is 4.98 Å². The Bertz CT molecular complexity index is 1180. The molecule has 0 bridgehead atoms. The second-order valence-corrected chi connectivity index (χ2v) is 8.67. The van der Waals surface area contributed by atoms with E-state index in [1.165, 1.54) is 0 Å². The molecule has 2 aromatic carbocycles. The monoisotopic (exact) mass is 436 g/mol. The van der Waals surface area contributed by atoms with Crippen molar-refractivity contribution in [1.82, 2.24) is 14.3 Å². The van der Waals surface area contributed by atoms with E-state index in [0.29, 0.717) is 6.42 Å². The number of hydrogen-bond acceptors (Lipinski definition) is 4. The Labute approximate surface area is 184 Å². The number of piperazine rings is 1. The van der Waals surface area contributed by atoms with Crippen molar-refractivity contribution < 1.29 is 4.79 Å². The first kappa shape index (κ1) is 19.2. The minimum Gasteiger partial charge on any atom is -0.368 e. The molecule has 5 rings (SSSR count). The molecule has 0 radical (unpaired) electrons. The molecule has 0 spiro atoms. The molecule has 1 aliphatic heterocycles. The van der Waals surface area contributed by atoms with Crippen LogP contribution in [0.2, 0.25) is 5.02 Å². The average molecular weight is 437 g/mol. The van der Waals surface area contributed by atoms with Crippen molar-refractivity contribution in [3.8, 4) is 11.3 Å². The molecule has 4 aromatic rings. The van der Waals surface area contributed by atoms with Crippen LogP contribution >= 0.6 is 22.9 Å². The number of anilines is 1. The summed E-state index contributed by atoms with van der Waals surface area (Å²) < 4.78 is 2.05. The predicted octanol–water partition coefficient (Wildman–Crippen LogP) is 4.61. The lowest BCUT2D eigenvalue weighted by molar-refractivity contribution is -0.130. The summed E-state index contributed by atoms with van der Waals surface area (Å²) in [4.78, 5) is 22.8. The number of nitrogens with zero attached hydrogens (tertiary/aromatic N) is 4. The average Bonchev–Trinajstić information content (AvgIpc) is 3.36. The molecule has 0 saturated carbocycles. The maximum absolute atomic E-state index is 12.9. The van der Waals surface area contributed by atoms with Gasteiger partial charge in [-0.05, 0) is 18.2 Å². The van der Waals surface area contributed by atoms with Crippen LogP contribution in [0, 0.1) is 0 Å². The molecule has 5 nitrogen and oxygen atoms in total. The summed E-state index contributed by atoms with van der Waals surface area (Å²) >= 11 is 7.69. The zero-order valence-corrected chi connectivity index (χ0v) is 17.9. The number of imidazole rings is 1. The second-order valence-electron chi connectivity index (χ2n) is 7.40. The van der Waals surface area contributed by atoms with Crippen LogP contribution in [-0.2, 0) is 11.2 Å². The van der Waals surface area contributed by atoms with Gasteiger partial charge in [-0.3, -0.25) is 9.20 Å². The highest BCUT2D eigenvalue weighted by molar-refractivity contribution is 7.15. The highest BCUT2D eigenvalue weighted by atomic mass is 35.5. The Morgan fingerprint density at radius 2 is 1.83 bits per heavy atom. The van der Waals surface area contributed by atoms with Gasteiger partial charge in [0.25, 0.3) is 0 Å². The van der Waals surface area contributed by atoms with Gasteiger partial charge < -0.3 is 9.80 Å². The number of amides is 1. The molecule has 0 N–H and O–H groups in total. The van der Waals surface area contributed by atoms with Gasteiger partial charge in [-0.2, -0.15) is 0 Å². The Hall–Kier alpha value is -2.83. The van der Waals surface area contributed by atoms with E-state index >= 15 is 0 Å². The van der Waals surface area contributed by atoms with Gasteiger partial charge in [0.1, 0.15) is 0 Å². The summed E-state index contributed by atoms with van der Waals surface area (Å²) in [5.74, 6) is 0.162. The van der Waals surface area contributed by atoms with Crippen molar-refractivity contribution >= 4 is 39.5 Å². The number of fused-ring (bicyclic) bond motifs is 1. The largest absolute Gasteiger partial charge is 0.368 e. The first-order valence-electron chi connectivity index (χ1n) is 9.96. The minimum atomic E-state index is 0.162. The number of hydrogen-bond donors (Lipinski definition) is 0. The van der Waals surface area contributed by atoms with E-state index in [4.69, 9.17) is 16.6 Å². The molecule has 152 valence electrons. The van der Waals surface area contributed by atoms with Crippen LogP contribution < -0.4 is 4.90 Å². The quantitative estimate of drug-likeness (QED) is 0.469. The minimum absolute atomic E-state index is 0.162. The molecule has 0 atom stereocenters. The third-order valence-electron chi connectivity index (χ3n) is 5.49. The molecule has 1 saturated heterocycles. The molecular formula is C23H21ClN4OS. The normalized spacial score (nSPS) is 14.4. The molecule has 7 heteroatoms. The van der Waals surface area contributed by atoms with E-state index in [9.17, 15) is 4.79 Å². The summed E-state index contributed by atoms with van der Waals surface area (Å²) in [6, 6.07) is 18.0. The molecule has 1 aliphatic rings. The number of aromatic nitrogens is 2. The molecule has 0 unspecified atom stereocenters. The third-order valence-corrected chi connectivity index (χ3v) is 6.61. The van der Waals surface area contributed by atoms with Crippen molar-refractivity contribution in [2.24, 2.45) is 0 Å². The maximum Gasteiger partial charge on any atom is 0.228 e. The summed E-state index contributed by atoms with van der Waals surface area (Å²) in [5, 5.41) is 2.78. The number of thiazole rings is 1. The maximum atomic E-state index is 12.9. The van der Waals surface area contributed by atoms with Crippen molar-refractivity contribution in [1.29, 1.82) is 0 Å². The van der Waals surface area contributed by atoms with Crippen LogP contribution in [0.4, 0.5) is 5.69 Å². The predicted molar refractivity (Wildman–Crippen MR) is 122 cm³/mol.